The highest BCUT2D eigenvalue weighted by Crippen LogP contribution is 2.26. The second kappa shape index (κ2) is 5.98. The molecule has 98 valence electrons. The number of benzene rings is 1. The van der Waals surface area contributed by atoms with E-state index < -0.39 is 12.1 Å². The second-order valence-electron chi connectivity index (χ2n) is 4.80. The maximum Gasteiger partial charge on any atom is 0.337 e. The summed E-state index contributed by atoms with van der Waals surface area (Å²) in [6, 6.07) is 9.32. The molecule has 1 unspecified atom stereocenters. The highest BCUT2D eigenvalue weighted by Gasteiger charge is 2.27. The standard InChI is InChI=1S/C14H19NO3/c15-11-6-8-12(9-7-11)18-13(14(16)17)10-4-2-1-3-5-10/h1-5,11-13H,6-9,15H2,(H,16,17). The van der Waals surface area contributed by atoms with Crippen molar-refractivity contribution in [3.05, 3.63) is 35.9 Å². The number of rotatable bonds is 4. The molecule has 1 fully saturated rings. The third kappa shape index (κ3) is 3.31. The fourth-order valence-corrected chi connectivity index (χ4v) is 2.32. The first-order chi connectivity index (χ1) is 8.66. The Balaban J connectivity index is 2.01. The van der Waals surface area contributed by atoms with Crippen LogP contribution in [0.1, 0.15) is 37.4 Å². The van der Waals surface area contributed by atoms with Crippen LogP contribution in [0.5, 0.6) is 0 Å². The largest absolute Gasteiger partial charge is 0.479 e. The minimum atomic E-state index is -0.934. The Morgan fingerprint density at radius 2 is 1.83 bits per heavy atom. The molecule has 0 radical (unpaired) electrons. The van der Waals surface area contributed by atoms with E-state index in [4.69, 9.17) is 10.5 Å². The normalized spacial score (nSPS) is 25.6. The van der Waals surface area contributed by atoms with Crippen molar-refractivity contribution in [2.24, 2.45) is 5.73 Å². The molecule has 3 N–H and O–H groups in total. The SMILES string of the molecule is NC1CCC(OC(C(=O)O)c2ccccc2)CC1. The van der Waals surface area contributed by atoms with Crippen molar-refractivity contribution < 1.29 is 14.6 Å². The zero-order valence-electron chi connectivity index (χ0n) is 10.3. The van der Waals surface area contributed by atoms with E-state index in [1.165, 1.54) is 0 Å². The average Bonchev–Trinajstić information content (AvgIpc) is 2.38. The summed E-state index contributed by atoms with van der Waals surface area (Å²) in [7, 11) is 0. The van der Waals surface area contributed by atoms with Gasteiger partial charge in [0, 0.05) is 6.04 Å². The molecule has 2 rings (SSSR count). The summed E-state index contributed by atoms with van der Waals surface area (Å²) < 4.78 is 5.73. The maximum absolute atomic E-state index is 11.3. The Hall–Kier alpha value is -1.39. The second-order valence-corrected chi connectivity index (χ2v) is 4.80. The van der Waals surface area contributed by atoms with Gasteiger partial charge >= 0.3 is 5.97 Å². The van der Waals surface area contributed by atoms with Crippen molar-refractivity contribution in [2.45, 2.75) is 43.9 Å². The third-order valence-corrected chi connectivity index (χ3v) is 3.37. The summed E-state index contributed by atoms with van der Waals surface area (Å²) in [5.74, 6) is -0.934. The Kier molecular flexibility index (Phi) is 4.33. The van der Waals surface area contributed by atoms with Crippen molar-refractivity contribution in [3.8, 4) is 0 Å². The molecule has 1 aliphatic carbocycles. The highest BCUT2D eigenvalue weighted by molar-refractivity contribution is 5.74. The number of carbonyl (C=O) groups is 1. The number of nitrogens with two attached hydrogens (primary N) is 1. The van der Waals surface area contributed by atoms with Gasteiger partial charge in [0.25, 0.3) is 0 Å². The van der Waals surface area contributed by atoms with E-state index in [-0.39, 0.29) is 12.1 Å². The van der Waals surface area contributed by atoms with Crippen LogP contribution in [-0.2, 0) is 9.53 Å². The maximum atomic E-state index is 11.3. The van der Waals surface area contributed by atoms with Crippen molar-refractivity contribution in [2.75, 3.05) is 0 Å². The molecule has 4 heteroatoms. The van der Waals surface area contributed by atoms with Gasteiger partial charge in [-0.3, -0.25) is 0 Å². The smallest absolute Gasteiger partial charge is 0.337 e. The van der Waals surface area contributed by atoms with E-state index in [9.17, 15) is 9.90 Å². The number of aliphatic carboxylic acids is 1. The van der Waals surface area contributed by atoms with Gasteiger partial charge in [0.2, 0.25) is 0 Å². The first kappa shape index (κ1) is 13.1. The molecule has 0 bridgehead atoms. The topological polar surface area (TPSA) is 72.5 Å². The predicted octanol–water partition coefficient (Wildman–Crippen LogP) is 2.10. The van der Waals surface area contributed by atoms with E-state index in [2.05, 4.69) is 0 Å². The molecule has 1 aromatic carbocycles. The van der Waals surface area contributed by atoms with E-state index in [1.807, 2.05) is 18.2 Å². The third-order valence-electron chi connectivity index (χ3n) is 3.37. The molecule has 0 amide bonds. The van der Waals surface area contributed by atoms with Crippen molar-refractivity contribution in [1.29, 1.82) is 0 Å². The number of carboxylic acids is 1. The van der Waals surface area contributed by atoms with Crippen LogP contribution in [0.3, 0.4) is 0 Å². The van der Waals surface area contributed by atoms with Crippen LogP contribution in [0.2, 0.25) is 0 Å². The van der Waals surface area contributed by atoms with Gasteiger partial charge in [-0.05, 0) is 31.2 Å². The highest BCUT2D eigenvalue weighted by atomic mass is 16.5. The van der Waals surface area contributed by atoms with Gasteiger partial charge < -0.3 is 15.6 Å². The molecule has 1 aromatic rings. The lowest BCUT2D eigenvalue weighted by Crippen LogP contribution is -2.32. The van der Waals surface area contributed by atoms with Gasteiger partial charge in [0.15, 0.2) is 6.10 Å². The Labute approximate surface area is 107 Å². The Bertz CT molecular complexity index is 385. The van der Waals surface area contributed by atoms with Crippen LogP contribution >= 0.6 is 0 Å². The van der Waals surface area contributed by atoms with Gasteiger partial charge in [-0.1, -0.05) is 30.3 Å². The molecule has 0 heterocycles. The van der Waals surface area contributed by atoms with E-state index in [0.29, 0.717) is 5.56 Å². The molecule has 1 saturated carbocycles. The molecular weight excluding hydrogens is 230 g/mol. The van der Waals surface area contributed by atoms with Crippen molar-refractivity contribution in [1.82, 2.24) is 0 Å². The summed E-state index contributed by atoms with van der Waals surface area (Å²) in [6.45, 7) is 0. The average molecular weight is 249 g/mol. The first-order valence-corrected chi connectivity index (χ1v) is 6.35. The van der Waals surface area contributed by atoms with E-state index in [0.717, 1.165) is 25.7 Å². The summed E-state index contributed by atoms with van der Waals surface area (Å²) in [5, 5.41) is 9.26. The minimum Gasteiger partial charge on any atom is -0.479 e. The van der Waals surface area contributed by atoms with Gasteiger partial charge in [-0.25, -0.2) is 4.79 Å². The number of carboxylic acid groups (broad SMARTS) is 1. The zero-order valence-corrected chi connectivity index (χ0v) is 10.3. The summed E-state index contributed by atoms with van der Waals surface area (Å²) in [4.78, 5) is 11.3. The summed E-state index contributed by atoms with van der Waals surface area (Å²) in [6.07, 6.45) is 2.64. The van der Waals surface area contributed by atoms with Crippen LogP contribution in [0.25, 0.3) is 0 Å². The molecule has 0 aliphatic heterocycles. The first-order valence-electron chi connectivity index (χ1n) is 6.35. The monoisotopic (exact) mass is 249 g/mol. The van der Waals surface area contributed by atoms with Crippen molar-refractivity contribution >= 4 is 5.97 Å². The molecule has 1 atom stereocenters. The number of ether oxygens (including phenoxy) is 1. The van der Waals surface area contributed by atoms with E-state index in [1.54, 1.807) is 12.1 Å². The molecular formula is C14H19NO3. The van der Waals surface area contributed by atoms with Gasteiger partial charge in [-0.2, -0.15) is 0 Å². The van der Waals surface area contributed by atoms with Crippen LogP contribution in [0.4, 0.5) is 0 Å². The zero-order chi connectivity index (χ0) is 13.0. The summed E-state index contributed by atoms with van der Waals surface area (Å²) >= 11 is 0. The molecule has 0 aromatic heterocycles. The summed E-state index contributed by atoms with van der Waals surface area (Å²) in [5.41, 5.74) is 6.52. The van der Waals surface area contributed by atoms with Crippen LogP contribution in [-0.4, -0.2) is 23.2 Å². The molecule has 1 aliphatic rings. The molecule has 0 spiro atoms. The minimum absolute atomic E-state index is 0.00565. The quantitative estimate of drug-likeness (QED) is 0.857. The lowest BCUT2D eigenvalue weighted by atomic mass is 9.93. The fraction of sp³-hybridized carbons (Fsp3) is 0.500. The Morgan fingerprint density at radius 1 is 1.22 bits per heavy atom. The predicted molar refractivity (Wildman–Crippen MR) is 68.1 cm³/mol. The lowest BCUT2D eigenvalue weighted by Gasteiger charge is -2.28. The Morgan fingerprint density at radius 3 is 2.39 bits per heavy atom. The van der Waals surface area contributed by atoms with Crippen LogP contribution in [0, 0.1) is 0 Å². The van der Waals surface area contributed by atoms with Crippen LogP contribution < -0.4 is 5.73 Å². The number of hydrogen-bond donors (Lipinski definition) is 2. The van der Waals surface area contributed by atoms with Crippen LogP contribution in [0.15, 0.2) is 30.3 Å². The number of hydrogen-bond acceptors (Lipinski definition) is 3. The molecule has 4 nitrogen and oxygen atoms in total. The fourth-order valence-electron chi connectivity index (χ4n) is 2.32. The van der Waals surface area contributed by atoms with E-state index >= 15 is 0 Å². The van der Waals surface area contributed by atoms with Gasteiger partial charge in [0.1, 0.15) is 0 Å². The molecule has 0 saturated heterocycles. The van der Waals surface area contributed by atoms with Gasteiger partial charge in [0.05, 0.1) is 6.10 Å². The van der Waals surface area contributed by atoms with Gasteiger partial charge in [-0.15, -0.1) is 0 Å². The lowest BCUT2D eigenvalue weighted by molar-refractivity contribution is -0.156. The van der Waals surface area contributed by atoms with Crippen molar-refractivity contribution in [3.63, 3.8) is 0 Å². The molecule has 18 heavy (non-hydrogen) atoms.